The molecule has 1 aliphatic heterocycles. The number of aryl methyl sites for hydroxylation is 3. The SMILES string of the molecule is O=C(CCc1nnc(CCc2ccccc2)o1)N1CCC[C@H]1c1nccs1. The van der Waals surface area contributed by atoms with E-state index in [4.69, 9.17) is 4.42 Å². The second kappa shape index (κ2) is 8.43. The van der Waals surface area contributed by atoms with Crippen LogP contribution < -0.4 is 0 Å². The molecule has 27 heavy (non-hydrogen) atoms. The fourth-order valence-electron chi connectivity index (χ4n) is 3.46. The zero-order valence-electron chi connectivity index (χ0n) is 15.1. The van der Waals surface area contributed by atoms with Crippen LogP contribution >= 0.6 is 11.3 Å². The molecule has 0 saturated carbocycles. The summed E-state index contributed by atoms with van der Waals surface area (Å²) in [6.07, 6.45) is 6.27. The standard InChI is InChI=1S/C20H22N4O2S/c25-19(24-13-4-7-16(24)20-21-12-14-27-20)11-10-18-23-22-17(26-18)9-8-15-5-2-1-3-6-15/h1-3,5-6,12,14,16H,4,7-11,13H2/t16-/m0/s1. The Hall–Kier alpha value is -2.54. The van der Waals surface area contributed by atoms with Gasteiger partial charge in [0.2, 0.25) is 17.7 Å². The molecule has 1 saturated heterocycles. The van der Waals surface area contributed by atoms with E-state index in [1.807, 2.05) is 28.5 Å². The van der Waals surface area contributed by atoms with Gasteiger partial charge in [-0.25, -0.2) is 4.98 Å². The fraction of sp³-hybridized carbons (Fsp3) is 0.400. The van der Waals surface area contributed by atoms with Gasteiger partial charge in [0, 0.05) is 37.4 Å². The lowest BCUT2D eigenvalue weighted by atomic mass is 10.1. The number of hydrogen-bond acceptors (Lipinski definition) is 6. The molecule has 2 aromatic heterocycles. The first kappa shape index (κ1) is 17.9. The third-order valence-electron chi connectivity index (χ3n) is 4.84. The Morgan fingerprint density at radius 3 is 2.74 bits per heavy atom. The zero-order chi connectivity index (χ0) is 18.5. The number of carbonyl (C=O) groups excluding carboxylic acids is 1. The fourth-order valence-corrected chi connectivity index (χ4v) is 4.25. The summed E-state index contributed by atoms with van der Waals surface area (Å²) < 4.78 is 5.71. The summed E-state index contributed by atoms with van der Waals surface area (Å²) >= 11 is 1.62. The topological polar surface area (TPSA) is 72.1 Å². The number of nitrogens with zero attached hydrogens (tertiary/aromatic N) is 4. The molecule has 0 bridgehead atoms. The third kappa shape index (κ3) is 4.42. The first-order valence-corrected chi connectivity index (χ1v) is 10.2. The number of aromatic nitrogens is 3. The molecule has 0 aliphatic carbocycles. The van der Waals surface area contributed by atoms with Crippen LogP contribution in [0.4, 0.5) is 0 Å². The highest BCUT2D eigenvalue weighted by molar-refractivity contribution is 7.09. The monoisotopic (exact) mass is 382 g/mol. The van der Waals surface area contributed by atoms with E-state index in [2.05, 4.69) is 27.3 Å². The Bertz CT molecular complexity index is 863. The summed E-state index contributed by atoms with van der Waals surface area (Å²) in [6.45, 7) is 0.801. The highest BCUT2D eigenvalue weighted by atomic mass is 32.1. The average molecular weight is 382 g/mol. The normalized spacial score (nSPS) is 16.7. The maximum absolute atomic E-state index is 12.7. The average Bonchev–Trinajstić information content (AvgIpc) is 3.46. The quantitative estimate of drug-likeness (QED) is 0.624. The molecule has 1 amide bonds. The summed E-state index contributed by atoms with van der Waals surface area (Å²) in [4.78, 5) is 19.0. The molecule has 3 aromatic rings. The Kier molecular flexibility index (Phi) is 5.58. The minimum atomic E-state index is 0.126. The molecule has 1 aromatic carbocycles. The highest BCUT2D eigenvalue weighted by Crippen LogP contribution is 2.33. The molecule has 140 valence electrons. The molecule has 6 nitrogen and oxygen atoms in total. The van der Waals surface area contributed by atoms with Gasteiger partial charge in [0.1, 0.15) is 5.01 Å². The van der Waals surface area contributed by atoms with Crippen molar-refractivity contribution in [1.82, 2.24) is 20.1 Å². The van der Waals surface area contributed by atoms with Gasteiger partial charge >= 0.3 is 0 Å². The molecule has 7 heteroatoms. The van der Waals surface area contributed by atoms with Gasteiger partial charge in [-0.2, -0.15) is 0 Å². The Balaban J connectivity index is 1.28. The second-order valence-electron chi connectivity index (χ2n) is 6.69. The van der Waals surface area contributed by atoms with E-state index in [1.54, 1.807) is 17.5 Å². The molecule has 4 rings (SSSR count). The van der Waals surface area contributed by atoms with Gasteiger partial charge in [0.15, 0.2) is 0 Å². The van der Waals surface area contributed by atoms with Gasteiger partial charge in [0.05, 0.1) is 6.04 Å². The molecule has 1 aliphatic rings. The van der Waals surface area contributed by atoms with E-state index in [9.17, 15) is 4.79 Å². The predicted octanol–water partition coefficient (Wildman–Crippen LogP) is 3.61. The zero-order valence-corrected chi connectivity index (χ0v) is 15.9. The van der Waals surface area contributed by atoms with Crippen LogP contribution in [0.15, 0.2) is 46.3 Å². The number of hydrogen-bond donors (Lipinski definition) is 0. The van der Waals surface area contributed by atoms with Crippen LogP contribution in [0, 0.1) is 0 Å². The summed E-state index contributed by atoms with van der Waals surface area (Å²) in [7, 11) is 0. The first-order valence-electron chi connectivity index (χ1n) is 9.33. The van der Waals surface area contributed by atoms with Crippen LogP contribution in [-0.4, -0.2) is 32.5 Å². The van der Waals surface area contributed by atoms with Gasteiger partial charge in [-0.05, 0) is 24.8 Å². The number of carbonyl (C=O) groups is 1. The summed E-state index contributed by atoms with van der Waals surface area (Å²) in [6, 6.07) is 10.4. The Labute approximate surface area is 162 Å². The van der Waals surface area contributed by atoms with Gasteiger partial charge < -0.3 is 9.32 Å². The molecule has 1 fully saturated rings. The van der Waals surface area contributed by atoms with E-state index in [-0.39, 0.29) is 11.9 Å². The van der Waals surface area contributed by atoms with E-state index in [0.29, 0.717) is 31.0 Å². The number of benzene rings is 1. The lowest BCUT2D eigenvalue weighted by Gasteiger charge is -2.22. The molecular weight excluding hydrogens is 360 g/mol. The number of amides is 1. The van der Waals surface area contributed by atoms with E-state index in [1.165, 1.54) is 5.56 Å². The van der Waals surface area contributed by atoms with Crippen LogP contribution in [0.3, 0.4) is 0 Å². The van der Waals surface area contributed by atoms with Crippen LogP contribution in [0.2, 0.25) is 0 Å². The molecule has 3 heterocycles. The van der Waals surface area contributed by atoms with Crippen molar-refractivity contribution in [2.45, 2.75) is 44.6 Å². The minimum Gasteiger partial charge on any atom is -0.425 e. The van der Waals surface area contributed by atoms with Crippen LogP contribution in [-0.2, 0) is 24.1 Å². The Morgan fingerprint density at radius 2 is 1.96 bits per heavy atom. The van der Waals surface area contributed by atoms with Crippen molar-refractivity contribution in [2.24, 2.45) is 0 Å². The maximum Gasteiger partial charge on any atom is 0.223 e. The predicted molar refractivity (Wildman–Crippen MR) is 102 cm³/mol. The van der Waals surface area contributed by atoms with Crippen molar-refractivity contribution in [3.05, 3.63) is 64.3 Å². The molecule has 1 atom stereocenters. The van der Waals surface area contributed by atoms with Crippen LogP contribution in [0.25, 0.3) is 0 Å². The van der Waals surface area contributed by atoms with Gasteiger partial charge in [-0.3, -0.25) is 4.79 Å². The van der Waals surface area contributed by atoms with Crippen LogP contribution in [0.5, 0.6) is 0 Å². The smallest absolute Gasteiger partial charge is 0.223 e. The summed E-state index contributed by atoms with van der Waals surface area (Å²) in [5.74, 6) is 1.30. The molecule has 0 radical (unpaired) electrons. The van der Waals surface area contributed by atoms with Crippen molar-refractivity contribution in [1.29, 1.82) is 0 Å². The number of likely N-dealkylation sites (tertiary alicyclic amines) is 1. The maximum atomic E-state index is 12.7. The summed E-state index contributed by atoms with van der Waals surface area (Å²) in [5, 5.41) is 11.2. The lowest BCUT2D eigenvalue weighted by Crippen LogP contribution is -2.30. The van der Waals surface area contributed by atoms with Crippen molar-refractivity contribution in [3.8, 4) is 0 Å². The van der Waals surface area contributed by atoms with Crippen molar-refractivity contribution >= 4 is 17.2 Å². The van der Waals surface area contributed by atoms with Gasteiger partial charge in [-0.1, -0.05) is 30.3 Å². The van der Waals surface area contributed by atoms with Crippen LogP contribution in [0.1, 0.15) is 47.7 Å². The van der Waals surface area contributed by atoms with E-state index < -0.39 is 0 Å². The molecule has 0 N–H and O–H groups in total. The largest absolute Gasteiger partial charge is 0.425 e. The molecule has 0 spiro atoms. The Morgan fingerprint density at radius 1 is 1.15 bits per heavy atom. The van der Waals surface area contributed by atoms with Gasteiger partial charge in [0.25, 0.3) is 0 Å². The van der Waals surface area contributed by atoms with Gasteiger partial charge in [-0.15, -0.1) is 21.5 Å². The van der Waals surface area contributed by atoms with Crippen molar-refractivity contribution in [2.75, 3.05) is 6.54 Å². The summed E-state index contributed by atoms with van der Waals surface area (Å²) in [5.41, 5.74) is 1.25. The lowest BCUT2D eigenvalue weighted by molar-refractivity contribution is -0.132. The number of thiazole rings is 1. The number of rotatable bonds is 7. The van der Waals surface area contributed by atoms with Crippen molar-refractivity contribution in [3.63, 3.8) is 0 Å². The first-order chi connectivity index (χ1) is 13.3. The molecular formula is C20H22N4O2S. The third-order valence-corrected chi connectivity index (χ3v) is 5.72. The van der Waals surface area contributed by atoms with Crippen molar-refractivity contribution < 1.29 is 9.21 Å². The van der Waals surface area contributed by atoms with E-state index in [0.717, 1.165) is 30.8 Å². The molecule has 0 unspecified atom stereocenters. The van der Waals surface area contributed by atoms with E-state index >= 15 is 0 Å². The second-order valence-corrected chi connectivity index (χ2v) is 7.62. The highest BCUT2D eigenvalue weighted by Gasteiger charge is 2.31. The minimum absolute atomic E-state index is 0.126.